The van der Waals surface area contributed by atoms with Crippen molar-refractivity contribution < 1.29 is 0 Å². The topological polar surface area (TPSA) is 45.4 Å². The minimum atomic E-state index is 0. The minimum absolute atomic E-state index is 0. The number of hydrogen-bond acceptors (Lipinski definition) is 2. The number of aromatic nitrogens is 2. The van der Waals surface area contributed by atoms with E-state index in [1.165, 1.54) is 24.1 Å². The van der Waals surface area contributed by atoms with Crippen LogP contribution in [0.2, 0.25) is 0 Å². The van der Waals surface area contributed by atoms with E-state index < -0.39 is 0 Å². The van der Waals surface area contributed by atoms with E-state index in [9.17, 15) is 0 Å². The molecule has 1 rings (SSSR count). The standard InChI is InChI=1S/C15H29N5.HI/c1-7-8-11-19(5)15(16-4)17-10-9-14-12(2)18-20(6)13(14)3;/h7-11H2,1-6H3,(H,16,17);1H. The summed E-state index contributed by atoms with van der Waals surface area (Å²) in [6.45, 7) is 8.33. The van der Waals surface area contributed by atoms with Crippen LogP contribution < -0.4 is 5.32 Å². The van der Waals surface area contributed by atoms with Crippen LogP contribution in [0.4, 0.5) is 0 Å². The van der Waals surface area contributed by atoms with E-state index in [1.807, 2.05) is 18.8 Å². The SMILES string of the molecule is CCCCN(C)C(=NC)NCCc1c(C)nn(C)c1C.I. The molecule has 6 heteroatoms. The van der Waals surface area contributed by atoms with Crippen molar-refractivity contribution >= 4 is 29.9 Å². The van der Waals surface area contributed by atoms with Crippen molar-refractivity contribution in [2.45, 2.75) is 40.0 Å². The lowest BCUT2D eigenvalue weighted by atomic mass is 10.1. The van der Waals surface area contributed by atoms with Crippen LogP contribution >= 0.6 is 24.0 Å². The fraction of sp³-hybridized carbons (Fsp3) is 0.733. The number of rotatable bonds is 6. The van der Waals surface area contributed by atoms with Gasteiger partial charge in [0.05, 0.1) is 5.69 Å². The zero-order valence-corrected chi connectivity index (χ0v) is 16.6. The summed E-state index contributed by atoms with van der Waals surface area (Å²) in [7, 11) is 5.92. The molecule has 0 aliphatic rings. The van der Waals surface area contributed by atoms with E-state index in [2.05, 4.69) is 48.1 Å². The summed E-state index contributed by atoms with van der Waals surface area (Å²) < 4.78 is 1.95. The van der Waals surface area contributed by atoms with Crippen molar-refractivity contribution in [3.8, 4) is 0 Å². The van der Waals surface area contributed by atoms with Crippen molar-refractivity contribution in [3.05, 3.63) is 17.0 Å². The highest BCUT2D eigenvalue weighted by molar-refractivity contribution is 14.0. The second-order valence-corrected chi connectivity index (χ2v) is 5.27. The third-order valence-electron chi connectivity index (χ3n) is 3.74. The van der Waals surface area contributed by atoms with Gasteiger partial charge >= 0.3 is 0 Å². The summed E-state index contributed by atoms with van der Waals surface area (Å²) >= 11 is 0. The minimum Gasteiger partial charge on any atom is -0.356 e. The third-order valence-corrected chi connectivity index (χ3v) is 3.74. The molecular weight excluding hydrogens is 377 g/mol. The van der Waals surface area contributed by atoms with Gasteiger partial charge in [-0.3, -0.25) is 9.67 Å². The number of halogens is 1. The zero-order chi connectivity index (χ0) is 15.1. The average molecular weight is 407 g/mol. The summed E-state index contributed by atoms with van der Waals surface area (Å²) in [5.41, 5.74) is 3.71. The first-order valence-corrected chi connectivity index (χ1v) is 7.42. The van der Waals surface area contributed by atoms with Gasteiger partial charge in [0.1, 0.15) is 0 Å². The van der Waals surface area contributed by atoms with Gasteiger partial charge < -0.3 is 10.2 Å². The Morgan fingerprint density at radius 3 is 2.52 bits per heavy atom. The molecule has 0 amide bonds. The lowest BCUT2D eigenvalue weighted by molar-refractivity contribution is 0.465. The molecule has 0 unspecified atom stereocenters. The molecule has 5 nitrogen and oxygen atoms in total. The number of aliphatic imine (C=N–C) groups is 1. The lowest BCUT2D eigenvalue weighted by Gasteiger charge is -2.21. The van der Waals surface area contributed by atoms with Crippen molar-refractivity contribution in [1.82, 2.24) is 20.0 Å². The van der Waals surface area contributed by atoms with Crippen LogP contribution in [-0.4, -0.2) is 47.8 Å². The van der Waals surface area contributed by atoms with E-state index >= 15 is 0 Å². The fourth-order valence-corrected chi connectivity index (χ4v) is 2.36. The number of guanidine groups is 1. The maximum Gasteiger partial charge on any atom is 0.193 e. The molecule has 1 N–H and O–H groups in total. The van der Waals surface area contributed by atoms with Gasteiger partial charge in [-0.05, 0) is 32.3 Å². The van der Waals surface area contributed by atoms with Crippen LogP contribution in [-0.2, 0) is 13.5 Å². The lowest BCUT2D eigenvalue weighted by Crippen LogP contribution is -2.40. The quantitative estimate of drug-likeness (QED) is 0.448. The van der Waals surface area contributed by atoms with Gasteiger partial charge in [-0.25, -0.2) is 0 Å². The number of unbranched alkanes of at least 4 members (excludes halogenated alkanes) is 1. The highest BCUT2D eigenvalue weighted by atomic mass is 127. The Hall–Kier alpha value is -0.790. The van der Waals surface area contributed by atoms with E-state index in [0.29, 0.717) is 0 Å². The van der Waals surface area contributed by atoms with Crippen molar-refractivity contribution in [2.75, 3.05) is 27.2 Å². The monoisotopic (exact) mass is 407 g/mol. The van der Waals surface area contributed by atoms with Crippen molar-refractivity contribution in [2.24, 2.45) is 12.0 Å². The van der Waals surface area contributed by atoms with Crippen LogP contribution in [0.1, 0.15) is 36.7 Å². The first-order valence-electron chi connectivity index (χ1n) is 7.42. The summed E-state index contributed by atoms with van der Waals surface area (Å²) in [5, 5.41) is 7.88. The number of aryl methyl sites for hydroxylation is 2. The highest BCUT2D eigenvalue weighted by Crippen LogP contribution is 2.11. The molecule has 0 radical (unpaired) electrons. The van der Waals surface area contributed by atoms with E-state index in [4.69, 9.17) is 0 Å². The Bertz CT molecular complexity index is 453. The van der Waals surface area contributed by atoms with Gasteiger partial charge in [0, 0.05) is 39.9 Å². The normalized spacial score (nSPS) is 11.2. The van der Waals surface area contributed by atoms with Crippen molar-refractivity contribution in [3.63, 3.8) is 0 Å². The number of hydrogen-bond donors (Lipinski definition) is 1. The Balaban J connectivity index is 0.00000400. The smallest absolute Gasteiger partial charge is 0.193 e. The summed E-state index contributed by atoms with van der Waals surface area (Å²) in [5.74, 6) is 0.970. The van der Waals surface area contributed by atoms with Crippen LogP contribution in [0.15, 0.2) is 4.99 Å². The Labute approximate surface area is 146 Å². The maximum atomic E-state index is 4.45. The predicted octanol–water partition coefficient (Wildman–Crippen LogP) is 2.50. The molecule has 0 saturated heterocycles. The Morgan fingerprint density at radius 2 is 2.05 bits per heavy atom. The maximum absolute atomic E-state index is 4.45. The molecule has 1 heterocycles. The molecule has 0 atom stereocenters. The van der Waals surface area contributed by atoms with Gasteiger partial charge in [-0.15, -0.1) is 24.0 Å². The largest absolute Gasteiger partial charge is 0.356 e. The molecule has 1 aromatic rings. The molecule has 1 aromatic heterocycles. The first-order chi connectivity index (χ1) is 9.51. The zero-order valence-electron chi connectivity index (χ0n) is 14.2. The molecule has 0 fully saturated rings. The molecule has 0 spiro atoms. The van der Waals surface area contributed by atoms with E-state index in [1.54, 1.807) is 0 Å². The molecule has 0 saturated carbocycles. The average Bonchev–Trinajstić information content (AvgIpc) is 2.66. The molecule has 0 aromatic carbocycles. The van der Waals surface area contributed by atoms with Gasteiger partial charge in [0.15, 0.2) is 5.96 Å². The van der Waals surface area contributed by atoms with Crippen LogP contribution in [0, 0.1) is 13.8 Å². The Morgan fingerprint density at radius 1 is 1.38 bits per heavy atom. The highest BCUT2D eigenvalue weighted by Gasteiger charge is 2.10. The summed E-state index contributed by atoms with van der Waals surface area (Å²) in [6, 6.07) is 0. The molecule has 122 valence electrons. The molecule has 0 aliphatic heterocycles. The molecule has 0 aliphatic carbocycles. The predicted molar refractivity (Wildman–Crippen MR) is 101 cm³/mol. The fourth-order valence-electron chi connectivity index (χ4n) is 2.36. The summed E-state index contributed by atoms with van der Waals surface area (Å²) in [6.07, 6.45) is 3.37. The molecule has 0 bridgehead atoms. The van der Waals surface area contributed by atoms with Gasteiger partial charge in [-0.2, -0.15) is 5.10 Å². The van der Waals surface area contributed by atoms with Crippen LogP contribution in [0.3, 0.4) is 0 Å². The van der Waals surface area contributed by atoms with Crippen molar-refractivity contribution in [1.29, 1.82) is 0 Å². The number of nitrogens with zero attached hydrogens (tertiary/aromatic N) is 4. The molecule has 21 heavy (non-hydrogen) atoms. The first kappa shape index (κ1) is 20.2. The Kier molecular flexibility index (Phi) is 9.65. The summed E-state index contributed by atoms with van der Waals surface area (Å²) in [4.78, 5) is 6.52. The van der Waals surface area contributed by atoms with Gasteiger partial charge in [0.25, 0.3) is 0 Å². The second kappa shape index (κ2) is 10.0. The van der Waals surface area contributed by atoms with Crippen LogP contribution in [0.5, 0.6) is 0 Å². The number of nitrogens with one attached hydrogen (secondary N) is 1. The molecular formula is C15H30IN5. The van der Waals surface area contributed by atoms with Crippen LogP contribution in [0.25, 0.3) is 0 Å². The van der Waals surface area contributed by atoms with Gasteiger partial charge in [-0.1, -0.05) is 13.3 Å². The van der Waals surface area contributed by atoms with E-state index in [-0.39, 0.29) is 24.0 Å². The van der Waals surface area contributed by atoms with Gasteiger partial charge in [0.2, 0.25) is 0 Å². The third kappa shape index (κ3) is 5.84. The second-order valence-electron chi connectivity index (χ2n) is 5.27. The van der Waals surface area contributed by atoms with E-state index in [0.717, 1.165) is 31.2 Å².